The third kappa shape index (κ3) is 1.97. The summed E-state index contributed by atoms with van der Waals surface area (Å²) in [6, 6.07) is 0. The van der Waals surface area contributed by atoms with E-state index in [-0.39, 0.29) is 5.83 Å². The van der Waals surface area contributed by atoms with E-state index in [4.69, 9.17) is 4.74 Å². The summed E-state index contributed by atoms with van der Waals surface area (Å²) in [5.41, 5.74) is 0.920. The van der Waals surface area contributed by atoms with Crippen LogP contribution in [0, 0.1) is 0 Å². The summed E-state index contributed by atoms with van der Waals surface area (Å²) < 4.78 is 18.0. The summed E-state index contributed by atoms with van der Waals surface area (Å²) in [7, 11) is 1.61. The molecule has 0 unspecified atom stereocenters. The third-order valence-electron chi connectivity index (χ3n) is 1.85. The number of methoxy groups -OCH3 is 1. The van der Waals surface area contributed by atoms with E-state index in [2.05, 4.69) is 0 Å². The molecule has 0 saturated carbocycles. The molecule has 12 heavy (non-hydrogen) atoms. The first-order valence-electron chi connectivity index (χ1n) is 4.08. The van der Waals surface area contributed by atoms with Crippen molar-refractivity contribution in [3.05, 3.63) is 35.4 Å². The molecule has 0 aromatic carbocycles. The van der Waals surface area contributed by atoms with Crippen molar-refractivity contribution in [3.8, 4) is 0 Å². The van der Waals surface area contributed by atoms with Crippen molar-refractivity contribution in [3.63, 3.8) is 0 Å². The van der Waals surface area contributed by atoms with Crippen molar-refractivity contribution < 1.29 is 9.13 Å². The first-order chi connectivity index (χ1) is 5.77. The molecule has 0 atom stereocenters. The predicted octanol–water partition coefficient (Wildman–Crippen LogP) is 3.11. The molecule has 0 aliphatic heterocycles. The Labute approximate surface area is 72.2 Å². The highest BCUT2D eigenvalue weighted by molar-refractivity contribution is 5.34. The lowest BCUT2D eigenvalue weighted by Gasteiger charge is -2.06. The zero-order valence-electron chi connectivity index (χ0n) is 7.43. The van der Waals surface area contributed by atoms with Gasteiger partial charge in [-0.15, -0.1) is 0 Å². The Morgan fingerprint density at radius 1 is 1.50 bits per heavy atom. The SMILES string of the molecule is CCC1=CC(F)=CCC=C1OC. The van der Waals surface area contributed by atoms with E-state index in [0.717, 1.165) is 17.8 Å². The first-order valence-corrected chi connectivity index (χ1v) is 4.08. The van der Waals surface area contributed by atoms with E-state index in [1.54, 1.807) is 13.2 Å². The van der Waals surface area contributed by atoms with Crippen molar-refractivity contribution in [2.45, 2.75) is 19.8 Å². The number of halogens is 1. The Morgan fingerprint density at radius 3 is 2.83 bits per heavy atom. The predicted molar refractivity (Wildman–Crippen MR) is 47.3 cm³/mol. The van der Waals surface area contributed by atoms with Crippen molar-refractivity contribution in [2.24, 2.45) is 0 Å². The van der Waals surface area contributed by atoms with Crippen molar-refractivity contribution in [1.29, 1.82) is 0 Å². The monoisotopic (exact) mass is 168 g/mol. The quantitative estimate of drug-likeness (QED) is 0.615. The Balaban J connectivity index is 2.91. The average Bonchev–Trinajstić information content (AvgIpc) is 2.26. The van der Waals surface area contributed by atoms with E-state index < -0.39 is 0 Å². The zero-order valence-corrected chi connectivity index (χ0v) is 7.43. The van der Waals surface area contributed by atoms with Gasteiger partial charge < -0.3 is 4.74 Å². The molecule has 0 bridgehead atoms. The fourth-order valence-electron chi connectivity index (χ4n) is 1.20. The summed E-state index contributed by atoms with van der Waals surface area (Å²) in [5.74, 6) is 0.622. The summed E-state index contributed by atoms with van der Waals surface area (Å²) in [6.07, 6.45) is 6.36. The highest BCUT2D eigenvalue weighted by atomic mass is 19.1. The molecule has 1 nitrogen and oxygen atoms in total. The van der Waals surface area contributed by atoms with Gasteiger partial charge >= 0.3 is 0 Å². The van der Waals surface area contributed by atoms with Gasteiger partial charge in [0.2, 0.25) is 0 Å². The highest BCUT2D eigenvalue weighted by Gasteiger charge is 2.06. The fraction of sp³-hybridized carbons (Fsp3) is 0.400. The van der Waals surface area contributed by atoms with Crippen LogP contribution in [0.25, 0.3) is 0 Å². The van der Waals surface area contributed by atoms with Crippen LogP contribution < -0.4 is 0 Å². The number of hydrogen-bond acceptors (Lipinski definition) is 1. The summed E-state index contributed by atoms with van der Waals surface area (Å²) >= 11 is 0. The molecule has 0 spiro atoms. The lowest BCUT2D eigenvalue weighted by atomic mass is 10.1. The second-order valence-electron chi connectivity index (χ2n) is 2.62. The Bertz CT molecular complexity index is 249. The van der Waals surface area contributed by atoms with Crippen LogP contribution in [-0.2, 0) is 4.74 Å². The van der Waals surface area contributed by atoms with Crippen LogP contribution >= 0.6 is 0 Å². The van der Waals surface area contributed by atoms with Gasteiger partial charge in [-0.1, -0.05) is 6.92 Å². The molecule has 2 heteroatoms. The highest BCUT2D eigenvalue weighted by Crippen LogP contribution is 2.21. The molecule has 0 aromatic rings. The van der Waals surface area contributed by atoms with Crippen LogP contribution in [0.2, 0.25) is 0 Å². The van der Waals surface area contributed by atoms with Gasteiger partial charge in [0.1, 0.15) is 11.6 Å². The summed E-state index contributed by atoms with van der Waals surface area (Å²) in [6.45, 7) is 1.98. The fourth-order valence-corrected chi connectivity index (χ4v) is 1.20. The topological polar surface area (TPSA) is 9.23 Å². The number of allylic oxidation sites excluding steroid dienone is 5. The molecule has 1 rings (SSSR count). The minimum Gasteiger partial charge on any atom is -0.497 e. The maximum atomic E-state index is 12.9. The molecule has 0 fully saturated rings. The van der Waals surface area contributed by atoms with Crippen LogP contribution in [0.4, 0.5) is 4.39 Å². The van der Waals surface area contributed by atoms with Crippen molar-refractivity contribution in [2.75, 3.05) is 7.11 Å². The largest absolute Gasteiger partial charge is 0.497 e. The average molecular weight is 168 g/mol. The zero-order chi connectivity index (χ0) is 8.97. The molecule has 0 N–H and O–H groups in total. The van der Waals surface area contributed by atoms with Gasteiger partial charge in [0.05, 0.1) is 7.11 Å². The number of rotatable bonds is 2. The molecule has 66 valence electrons. The molecule has 0 aromatic heterocycles. The first kappa shape index (κ1) is 9.04. The Morgan fingerprint density at radius 2 is 2.25 bits per heavy atom. The van der Waals surface area contributed by atoms with Crippen molar-refractivity contribution >= 4 is 0 Å². The summed E-state index contributed by atoms with van der Waals surface area (Å²) in [4.78, 5) is 0. The normalized spacial score (nSPS) is 17.4. The maximum Gasteiger partial charge on any atom is 0.119 e. The van der Waals surface area contributed by atoms with Gasteiger partial charge in [-0.3, -0.25) is 0 Å². The van der Waals surface area contributed by atoms with Gasteiger partial charge in [-0.05, 0) is 36.6 Å². The van der Waals surface area contributed by atoms with Crippen molar-refractivity contribution in [1.82, 2.24) is 0 Å². The molecule has 1 aliphatic carbocycles. The second kappa shape index (κ2) is 4.10. The van der Waals surface area contributed by atoms with Gasteiger partial charge in [-0.2, -0.15) is 0 Å². The van der Waals surface area contributed by atoms with Crippen LogP contribution in [0.3, 0.4) is 0 Å². The molecule has 1 aliphatic rings. The van der Waals surface area contributed by atoms with E-state index in [9.17, 15) is 4.39 Å². The van der Waals surface area contributed by atoms with Gasteiger partial charge in [0.15, 0.2) is 0 Å². The van der Waals surface area contributed by atoms with Gasteiger partial charge in [0.25, 0.3) is 0 Å². The molecular formula is C10H13FO. The standard InChI is InChI=1S/C10H13FO/c1-3-8-7-9(11)5-4-6-10(8)12-2/h5-7H,3-4H2,1-2H3. The van der Waals surface area contributed by atoms with Gasteiger partial charge in [-0.25, -0.2) is 4.39 Å². The minimum atomic E-state index is -0.171. The number of ether oxygens (including phenoxy) is 1. The lowest BCUT2D eigenvalue weighted by molar-refractivity contribution is 0.297. The van der Waals surface area contributed by atoms with E-state index >= 15 is 0 Å². The van der Waals surface area contributed by atoms with Crippen LogP contribution in [0.15, 0.2) is 35.4 Å². The van der Waals surface area contributed by atoms with Crippen LogP contribution in [-0.4, -0.2) is 7.11 Å². The Kier molecular flexibility index (Phi) is 3.09. The molecule has 0 amide bonds. The number of hydrogen-bond donors (Lipinski definition) is 0. The maximum absolute atomic E-state index is 12.9. The van der Waals surface area contributed by atoms with E-state index in [0.29, 0.717) is 6.42 Å². The summed E-state index contributed by atoms with van der Waals surface area (Å²) in [5, 5.41) is 0. The Hall–Kier alpha value is -1.05. The molecule has 0 saturated heterocycles. The second-order valence-corrected chi connectivity index (χ2v) is 2.62. The van der Waals surface area contributed by atoms with Crippen LogP contribution in [0.5, 0.6) is 0 Å². The third-order valence-corrected chi connectivity index (χ3v) is 1.85. The van der Waals surface area contributed by atoms with Gasteiger partial charge in [0, 0.05) is 0 Å². The van der Waals surface area contributed by atoms with Crippen LogP contribution in [0.1, 0.15) is 19.8 Å². The van der Waals surface area contributed by atoms with E-state index in [1.807, 2.05) is 13.0 Å². The minimum absolute atomic E-state index is 0.171. The molecule has 0 heterocycles. The molecular weight excluding hydrogens is 155 g/mol. The lowest BCUT2D eigenvalue weighted by Crippen LogP contribution is -1.90. The van der Waals surface area contributed by atoms with E-state index in [1.165, 1.54) is 6.08 Å². The molecule has 0 radical (unpaired) electrons. The smallest absolute Gasteiger partial charge is 0.119 e.